The molecule has 6 heteroatoms. The van der Waals surface area contributed by atoms with Crippen molar-refractivity contribution in [2.75, 3.05) is 14.2 Å². The molecule has 0 heterocycles. The predicted molar refractivity (Wildman–Crippen MR) is 209 cm³/mol. The Balaban J connectivity index is 0. The second-order valence-electron chi connectivity index (χ2n) is 14.2. The van der Waals surface area contributed by atoms with Gasteiger partial charge in [-0.15, -0.1) is 0 Å². The molecule has 0 aromatic carbocycles. The molecule has 0 rings (SSSR count). The Bertz CT molecular complexity index is 595. The van der Waals surface area contributed by atoms with Crippen molar-refractivity contribution in [1.29, 1.82) is 0 Å². The summed E-state index contributed by atoms with van der Waals surface area (Å²) < 4.78 is 11.7. The monoisotopic (exact) mass is 789 g/mol. The summed E-state index contributed by atoms with van der Waals surface area (Å²) in [6.45, 7) is 4.62. The zero-order chi connectivity index (χ0) is 35.6. The summed E-state index contributed by atoms with van der Waals surface area (Å²) in [7, 11) is 2.30. The van der Waals surface area contributed by atoms with Gasteiger partial charge in [-0.05, 0) is 0 Å². The number of carbonyl (C=O) groups excluding carboxylic acids is 2. The molecule has 0 spiro atoms. The van der Waals surface area contributed by atoms with Gasteiger partial charge in [0.1, 0.15) is 0 Å². The molecule has 2 radical (unpaired) electrons. The second kappa shape index (κ2) is 44.7. The van der Waals surface area contributed by atoms with E-state index >= 15 is 0 Å². The third kappa shape index (κ3) is 43.7. The predicted octanol–water partition coefficient (Wildman–Crippen LogP) is 13.1. The van der Waals surface area contributed by atoms with Crippen molar-refractivity contribution in [3.05, 3.63) is 0 Å². The van der Waals surface area contributed by atoms with Gasteiger partial charge in [-0.25, -0.2) is 4.79 Å². The average molecular weight is 788 g/mol. The first kappa shape index (κ1) is 49.8. The molecule has 48 heavy (non-hydrogen) atoms. The van der Waals surface area contributed by atoms with Gasteiger partial charge in [0.15, 0.2) is 6.10 Å². The van der Waals surface area contributed by atoms with Crippen molar-refractivity contribution in [3.63, 3.8) is 0 Å². The third-order valence-corrected chi connectivity index (χ3v) is 13.5. The summed E-state index contributed by atoms with van der Waals surface area (Å²) in [5, 5.41) is 8.84. The van der Waals surface area contributed by atoms with E-state index in [1.54, 1.807) is 21.7 Å². The number of hydrogen-bond donors (Lipinski definition) is 1. The van der Waals surface area contributed by atoms with Crippen molar-refractivity contribution in [2.24, 2.45) is 0 Å². The Labute approximate surface area is 310 Å². The SMILES string of the molecule is CCCCCCCCCCCCCCCCC[CH2][Sn][CH2]CCCCCCCCCCCCCCCCC.COC(=O)CC(O)C(=O)OC. The molecule has 1 N–H and O–H groups in total. The standard InChI is InChI=1S/2C18H37.C6H10O5.Sn/c2*1-3-5-7-9-11-13-15-17-18-16-14-12-10-8-6-4-2;1-10-5(8)3-4(7)6(9)11-2;/h2*1,3-18H2,2H3;4,7H,3H2,1-2H3;. The molecule has 0 aliphatic rings. The molecule has 0 amide bonds. The fraction of sp³-hybridized carbons (Fsp3) is 0.952. The van der Waals surface area contributed by atoms with Crippen LogP contribution in [0.4, 0.5) is 0 Å². The molecule has 0 saturated carbocycles. The summed E-state index contributed by atoms with van der Waals surface area (Å²) in [5.74, 6) is -1.49. The summed E-state index contributed by atoms with van der Waals surface area (Å²) in [6, 6.07) is 0. The fourth-order valence-corrected chi connectivity index (χ4v) is 9.75. The molecule has 0 saturated heterocycles. The van der Waals surface area contributed by atoms with Gasteiger partial charge in [0.05, 0.1) is 20.6 Å². The minimum atomic E-state index is -1.42. The van der Waals surface area contributed by atoms with Crippen molar-refractivity contribution in [1.82, 2.24) is 0 Å². The van der Waals surface area contributed by atoms with Crippen LogP contribution in [0.1, 0.15) is 226 Å². The van der Waals surface area contributed by atoms with Crippen LogP contribution in [0.2, 0.25) is 8.87 Å². The van der Waals surface area contributed by atoms with Crippen LogP contribution in [-0.2, 0) is 19.1 Å². The number of methoxy groups -OCH3 is 2. The molecule has 0 bridgehead atoms. The van der Waals surface area contributed by atoms with E-state index in [0.717, 1.165) is 7.11 Å². The van der Waals surface area contributed by atoms with E-state index in [0.29, 0.717) is 0 Å². The Kier molecular flexibility index (Phi) is 46.4. The number of esters is 2. The van der Waals surface area contributed by atoms with Gasteiger partial charge in [-0.3, -0.25) is 4.79 Å². The number of ether oxygens (including phenoxy) is 2. The Morgan fingerprint density at radius 1 is 0.438 bits per heavy atom. The quantitative estimate of drug-likeness (QED) is 0.0386. The van der Waals surface area contributed by atoms with E-state index in [-0.39, 0.29) is 27.6 Å². The number of carbonyl (C=O) groups is 2. The van der Waals surface area contributed by atoms with E-state index < -0.39 is 18.0 Å². The number of aliphatic hydroxyl groups is 1. The number of unbranched alkanes of at least 4 members (excludes halogenated alkanes) is 30. The van der Waals surface area contributed by atoms with E-state index in [4.69, 9.17) is 5.11 Å². The van der Waals surface area contributed by atoms with Gasteiger partial charge in [0, 0.05) is 0 Å². The number of aliphatic hydroxyl groups excluding tert-OH is 1. The molecule has 0 aliphatic heterocycles. The van der Waals surface area contributed by atoms with Gasteiger partial charge >= 0.3 is 183 Å². The van der Waals surface area contributed by atoms with Crippen LogP contribution in [0, 0.1) is 0 Å². The summed E-state index contributed by atoms with van der Waals surface area (Å²) in [6.07, 6.45) is 46.1. The topological polar surface area (TPSA) is 72.8 Å². The molecule has 0 aromatic heterocycles. The fourth-order valence-electron chi connectivity index (χ4n) is 6.18. The Morgan fingerprint density at radius 2 is 0.688 bits per heavy atom. The third-order valence-electron chi connectivity index (χ3n) is 9.48. The van der Waals surface area contributed by atoms with Gasteiger partial charge in [-0.1, -0.05) is 78.1 Å². The Hall–Kier alpha value is -0.301. The molecule has 1 unspecified atom stereocenters. The maximum atomic E-state index is 10.5. The second-order valence-corrected chi connectivity index (χ2v) is 18.5. The average Bonchev–Trinajstić information content (AvgIpc) is 3.10. The summed E-state index contributed by atoms with van der Waals surface area (Å²) in [5.41, 5.74) is 0. The molecule has 5 nitrogen and oxygen atoms in total. The first-order valence-electron chi connectivity index (χ1n) is 21.1. The van der Waals surface area contributed by atoms with Crippen LogP contribution >= 0.6 is 0 Å². The van der Waals surface area contributed by atoms with Crippen LogP contribution in [0.15, 0.2) is 0 Å². The van der Waals surface area contributed by atoms with Gasteiger partial charge in [0.25, 0.3) is 0 Å². The van der Waals surface area contributed by atoms with Crippen LogP contribution in [0.5, 0.6) is 0 Å². The van der Waals surface area contributed by atoms with Crippen molar-refractivity contribution in [3.8, 4) is 0 Å². The molecule has 0 fully saturated rings. The van der Waals surface area contributed by atoms with Crippen LogP contribution in [0.3, 0.4) is 0 Å². The van der Waals surface area contributed by atoms with Gasteiger partial charge < -0.3 is 14.6 Å². The molecule has 286 valence electrons. The number of rotatable bonds is 37. The number of hydrogen-bond acceptors (Lipinski definition) is 5. The molecule has 0 aliphatic carbocycles. The van der Waals surface area contributed by atoms with Crippen molar-refractivity contribution < 1.29 is 24.2 Å². The summed E-state index contributed by atoms with van der Waals surface area (Å²) >= 11 is 0.00985. The van der Waals surface area contributed by atoms with Crippen molar-refractivity contribution >= 4 is 33.1 Å². The van der Waals surface area contributed by atoms with Gasteiger partial charge in [-0.2, -0.15) is 0 Å². The Morgan fingerprint density at radius 3 is 0.917 bits per heavy atom. The molecule has 0 aromatic rings. The minimum absolute atomic E-state index is 0.00985. The minimum Gasteiger partial charge on any atom is -0.469 e. The maximum absolute atomic E-state index is 10.5. The smallest absolute Gasteiger partial charge is 0.469 e. The first-order chi connectivity index (χ1) is 23.5. The zero-order valence-corrected chi connectivity index (χ0v) is 35.8. The first-order valence-corrected chi connectivity index (χ1v) is 25.1. The van der Waals surface area contributed by atoms with E-state index in [1.807, 2.05) is 0 Å². The van der Waals surface area contributed by atoms with E-state index in [1.165, 1.54) is 200 Å². The zero-order valence-electron chi connectivity index (χ0n) is 32.9. The van der Waals surface area contributed by atoms with Crippen LogP contribution in [0.25, 0.3) is 0 Å². The van der Waals surface area contributed by atoms with E-state index in [2.05, 4.69) is 23.3 Å². The van der Waals surface area contributed by atoms with E-state index in [9.17, 15) is 9.59 Å². The molecular formula is C42H84O5Sn. The van der Waals surface area contributed by atoms with Crippen molar-refractivity contribution in [2.45, 2.75) is 241 Å². The van der Waals surface area contributed by atoms with Gasteiger partial charge in [0.2, 0.25) is 0 Å². The molecule has 1 atom stereocenters. The normalized spacial score (nSPS) is 11.6. The summed E-state index contributed by atoms with van der Waals surface area (Å²) in [4.78, 5) is 20.9. The van der Waals surface area contributed by atoms with Crippen LogP contribution < -0.4 is 0 Å². The molecular weight excluding hydrogens is 703 g/mol. The van der Waals surface area contributed by atoms with Crippen LogP contribution in [-0.4, -0.2) is 58.5 Å².